The fourth-order valence-electron chi connectivity index (χ4n) is 4.97. The molecule has 4 heterocycles. The van der Waals surface area contributed by atoms with E-state index in [1.54, 1.807) is 0 Å². The predicted octanol–water partition coefficient (Wildman–Crippen LogP) is 3.56. The van der Waals surface area contributed by atoms with Gasteiger partial charge in [-0.3, -0.25) is 9.20 Å². The molecule has 1 atom stereocenters. The summed E-state index contributed by atoms with van der Waals surface area (Å²) in [5, 5.41) is 11.9. The highest BCUT2D eigenvalue weighted by molar-refractivity contribution is 5.79. The number of pyridine rings is 1. The van der Waals surface area contributed by atoms with Gasteiger partial charge in [0.15, 0.2) is 5.65 Å². The van der Waals surface area contributed by atoms with Crippen molar-refractivity contribution in [3.63, 3.8) is 0 Å². The first-order valence-corrected chi connectivity index (χ1v) is 11.9. The minimum Gasteiger partial charge on any atom is -0.372 e. The third kappa shape index (κ3) is 4.29. The molecular weight excluding hydrogens is 400 g/mol. The Labute approximate surface area is 189 Å². The van der Waals surface area contributed by atoms with Gasteiger partial charge in [-0.05, 0) is 68.9 Å². The van der Waals surface area contributed by atoms with Gasteiger partial charge in [-0.15, -0.1) is 10.2 Å². The molecule has 32 heavy (non-hydrogen) atoms. The van der Waals surface area contributed by atoms with Gasteiger partial charge in [0, 0.05) is 44.1 Å². The zero-order chi connectivity index (χ0) is 21.9. The Morgan fingerprint density at radius 2 is 1.75 bits per heavy atom. The van der Waals surface area contributed by atoms with Crippen LogP contribution in [0.3, 0.4) is 0 Å². The molecule has 2 saturated heterocycles. The number of nitrogens with zero attached hydrogens (tertiary/aromatic N) is 5. The number of carbonyl (C=O) groups excluding carboxylic acids is 1. The first-order chi connectivity index (χ1) is 15.7. The van der Waals surface area contributed by atoms with Crippen LogP contribution in [0.4, 0.5) is 11.6 Å². The number of aryl methyl sites for hydroxylation is 1. The van der Waals surface area contributed by atoms with Crippen LogP contribution in [-0.2, 0) is 11.3 Å². The van der Waals surface area contributed by atoms with Gasteiger partial charge < -0.3 is 15.1 Å². The second-order valence-electron chi connectivity index (χ2n) is 9.08. The molecule has 1 amide bonds. The van der Waals surface area contributed by atoms with Crippen molar-refractivity contribution < 1.29 is 4.79 Å². The Balaban J connectivity index is 1.19. The van der Waals surface area contributed by atoms with Gasteiger partial charge in [0.1, 0.15) is 0 Å². The zero-order valence-electron chi connectivity index (χ0n) is 18.8. The molecule has 1 N–H and O–H groups in total. The van der Waals surface area contributed by atoms with Gasteiger partial charge in [-0.2, -0.15) is 0 Å². The quantitative estimate of drug-likeness (QED) is 0.668. The molecule has 7 heteroatoms. The van der Waals surface area contributed by atoms with Crippen molar-refractivity contribution in [1.82, 2.24) is 19.9 Å². The predicted molar refractivity (Wildman–Crippen MR) is 127 cm³/mol. The first-order valence-electron chi connectivity index (χ1n) is 11.9. The number of rotatable bonds is 5. The number of nitrogens with one attached hydrogen (secondary N) is 1. The van der Waals surface area contributed by atoms with E-state index in [9.17, 15) is 4.79 Å². The van der Waals surface area contributed by atoms with Gasteiger partial charge in [-0.1, -0.05) is 18.2 Å². The van der Waals surface area contributed by atoms with Gasteiger partial charge in [-0.25, -0.2) is 0 Å². The lowest BCUT2D eigenvalue weighted by atomic mass is 9.97. The molecule has 0 aliphatic carbocycles. The summed E-state index contributed by atoms with van der Waals surface area (Å²) in [5.74, 6) is 0.928. The summed E-state index contributed by atoms with van der Waals surface area (Å²) in [4.78, 5) is 17.6. The van der Waals surface area contributed by atoms with Gasteiger partial charge in [0.05, 0.1) is 5.92 Å². The Bertz CT molecular complexity index is 1070. The second-order valence-corrected chi connectivity index (χ2v) is 9.08. The van der Waals surface area contributed by atoms with Crippen molar-refractivity contribution in [2.75, 3.05) is 36.0 Å². The van der Waals surface area contributed by atoms with E-state index in [0.29, 0.717) is 13.1 Å². The lowest BCUT2D eigenvalue weighted by molar-refractivity contribution is -0.125. The van der Waals surface area contributed by atoms with Crippen molar-refractivity contribution in [3.05, 3.63) is 53.7 Å². The highest BCUT2D eigenvalue weighted by Gasteiger charge is 2.28. The maximum Gasteiger partial charge on any atom is 0.231 e. The van der Waals surface area contributed by atoms with Crippen LogP contribution in [0.2, 0.25) is 0 Å². The number of benzene rings is 1. The van der Waals surface area contributed by atoms with Crippen LogP contribution in [0.15, 0.2) is 42.5 Å². The molecule has 3 aromatic rings. The second kappa shape index (κ2) is 9.18. The molecule has 2 aliphatic rings. The van der Waals surface area contributed by atoms with E-state index in [0.717, 1.165) is 55.3 Å². The van der Waals surface area contributed by atoms with Crippen molar-refractivity contribution in [2.24, 2.45) is 5.92 Å². The Morgan fingerprint density at radius 3 is 2.56 bits per heavy atom. The molecule has 0 bridgehead atoms. The van der Waals surface area contributed by atoms with Crippen LogP contribution in [0.5, 0.6) is 0 Å². The Kier molecular flexibility index (Phi) is 5.97. The number of piperidine rings is 2. The monoisotopic (exact) mass is 432 g/mol. The maximum atomic E-state index is 12.9. The highest BCUT2D eigenvalue weighted by atomic mass is 16.1. The molecule has 1 aromatic carbocycles. The van der Waals surface area contributed by atoms with Crippen molar-refractivity contribution in [3.8, 4) is 0 Å². The third-order valence-electron chi connectivity index (χ3n) is 6.81. The summed E-state index contributed by atoms with van der Waals surface area (Å²) in [7, 11) is 0. The lowest BCUT2D eigenvalue weighted by Gasteiger charge is -2.32. The number of carbonyl (C=O) groups is 1. The van der Waals surface area contributed by atoms with E-state index in [2.05, 4.69) is 67.0 Å². The topological polar surface area (TPSA) is 65.8 Å². The molecule has 1 unspecified atom stereocenters. The number of hydrogen-bond donors (Lipinski definition) is 1. The molecule has 2 aromatic heterocycles. The van der Waals surface area contributed by atoms with Gasteiger partial charge in [0.2, 0.25) is 11.9 Å². The number of hydrogen-bond acceptors (Lipinski definition) is 5. The van der Waals surface area contributed by atoms with Crippen molar-refractivity contribution >= 4 is 23.2 Å². The van der Waals surface area contributed by atoms with Gasteiger partial charge >= 0.3 is 0 Å². The summed E-state index contributed by atoms with van der Waals surface area (Å²) >= 11 is 0. The normalized spacial score (nSPS) is 19.3. The van der Waals surface area contributed by atoms with Crippen LogP contribution in [-0.4, -0.2) is 46.7 Å². The first kappa shape index (κ1) is 20.8. The van der Waals surface area contributed by atoms with Gasteiger partial charge in [0.25, 0.3) is 0 Å². The fourth-order valence-corrected chi connectivity index (χ4v) is 4.97. The molecule has 168 valence electrons. The smallest absolute Gasteiger partial charge is 0.231 e. The number of amides is 1. The summed E-state index contributed by atoms with van der Waals surface area (Å²) in [6.07, 6.45) is 5.78. The van der Waals surface area contributed by atoms with Crippen LogP contribution >= 0.6 is 0 Å². The maximum absolute atomic E-state index is 12.9. The van der Waals surface area contributed by atoms with Crippen molar-refractivity contribution in [1.29, 1.82) is 0 Å². The Hall–Kier alpha value is -3.09. The summed E-state index contributed by atoms with van der Waals surface area (Å²) in [6, 6.07) is 14.7. The molecular formula is C25H32N6O. The van der Waals surface area contributed by atoms with E-state index < -0.39 is 0 Å². The minimum absolute atomic E-state index is 0.0345. The average Bonchev–Trinajstić information content (AvgIpc) is 3.29. The van der Waals surface area contributed by atoms with E-state index >= 15 is 0 Å². The average molecular weight is 433 g/mol. The minimum atomic E-state index is -0.0345. The number of anilines is 2. The van der Waals surface area contributed by atoms with Crippen LogP contribution in [0.25, 0.3) is 5.65 Å². The summed E-state index contributed by atoms with van der Waals surface area (Å²) < 4.78 is 2.07. The Morgan fingerprint density at radius 1 is 0.969 bits per heavy atom. The highest BCUT2D eigenvalue weighted by Crippen LogP contribution is 2.24. The van der Waals surface area contributed by atoms with E-state index in [-0.39, 0.29) is 11.8 Å². The molecule has 0 spiro atoms. The molecule has 2 fully saturated rings. The molecule has 5 rings (SSSR count). The van der Waals surface area contributed by atoms with Crippen LogP contribution < -0.4 is 15.1 Å². The standard InChI is InChI=1S/C25H32N6O/c1-19-7-5-9-23-27-28-25(31(19)23)30-16-6-8-21(18-30)24(32)26-17-20-10-12-22(13-11-20)29-14-3-2-4-15-29/h5,7,9-13,21H,2-4,6,8,14-18H2,1H3,(H,26,32). The molecule has 2 aliphatic heterocycles. The summed E-state index contributed by atoms with van der Waals surface area (Å²) in [5.41, 5.74) is 4.38. The SMILES string of the molecule is Cc1cccc2nnc(N3CCCC(C(=O)NCc4ccc(N5CCCCC5)cc4)C3)n12. The number of aromatic nitrogens is 3. The summed E-state index contributed by atoms with van der Waals surface area (Å²) in [6.45, 7) is 6.50. The largest absolute Gasteiger partial charge is 0.372 e. The van der Waals surface area contributed by atoms with Crippen LogP contribution in [0.1, 0.15) is 43.4 Å². The van der Waals surface area contributed by atoms with E-state index in [1.807, 2.05) is 12.1 Å². The fraction of sp³-hybridized carbons (Fsp3) is 0.480. The zero-order valence-corrected chi connectivity index (χ0v) is 18.8. The molecule has 0 saturated carbocycles. The molecule has 0 radical (unpaired) electrons. The van der Waals surface area contributed by atoms with Crippen LogP contribution in [0, 0.1) is 12.8 Å². The van der Waals surface area contributed by atoms with E-state index in [1.165, 1.54) is 24.9 Å². The number of fused-ring (bicyclic) bond motifs is 1. The lowest BCUT2D eigenvalue weighted by Crippen LogP contribution is -2.43. The van der Waals surface area contributed by atoms with E-state index in [4.69, 9.17) is 0 Å². The van der Waals surface area contributed by atoms with Crippen molar-refractivity contribution in [2.45, 2.75) is 45.6 Å². The third-order valence-corrected chi connectivity index (χ3v) is 6.81. The molecule has 7 nitrogen and oxygen atoms in total.